The predicted molar refractivity (Wildman–Crippen MR) is 67.3 cm³/mol. The molecular formula is C11H9ClN2O2S. The molecule has 4 nitrogen and oxygen atoms in total. The molecule has 17 heavy (non-hydrogen) atoms. The van der Waals surface area contributed by atoms with E-state index in [1.165, 1.54) is 4.90 Å². The number of urea groups is 1. The summed E-state index contributed by atoms with van der Waals surface area (Å²) in [7, 11) is 0. The third kappa shape index (κ3) is 1.61. The molecule has 1 aromatic rings. The maximum Gasteiger partial charge on any atom is 0.332 e. The van der Waals surface area contributed by atoms with Crippen LogP contribution in [-0.2, 0) is 4.79 Å². The summed E-state index contributed by atoms with van der Waals surface area (Å²) in [6.45, 7) is 0. The highest BCUT2D eigenvalue weighted by molar-refractivity contribution is 7.99. The summed E-state index contributed by atoms with van der Waals surface area (Å²) in [5, 5.41) is 0.587. The Morgan fingerprint density at radius 3 is 2.59 bits per heavy atom. The van der Waals surface area contributed by atoms with Crippen molar-refractivity contribution in [2.75, 3.05) is 16.5 Å². The molecule has 0 saturated carbocycles. The van der Waals surface area contributed by atoms with Gasteiger partial charge in [0.15, 0.2) is 0 Å². The van der Waals surface area contributed by atoms with E-state index < -0.39 is 0 Å². The van der Waals surface area contributed by atoms with Crippen molar-refractivity contribution < 1.29 is 9.59 Å². The summed E-state index contributed by atoms with van der Waals surface area (Å²) in [4.78, 5) is 27.0. The van der Waals surface area contributed by atoms with Crippen molar-refractivity contribution in [3.63, 3.8) is 0 Å². The Hall–Kier alpha value is -1.20. The summed E-state index contributed by atoms with van der Waals surface area (Å²) in [6, 6.07) is 6.21. The fraction of sp³-hybridized carbons (Fsp3) is 0.273. The lowest BCUT2D eigenvalue weighted by atomic mass is 10.2. The number of thioether (sulfide) groups is 1. The number of amides is 3. The van der Waals surface area contributed by atoms with Gasteiger partial charge in [-0.25, -0.2) is 9.69 Å². The number of hydrogen-bond acceptors (Lipinski definition) is 3. The zero-order chi connectivity index (χ0) is 12.0. The van der Waals surface area contributed by atoms with E-state index in [1.807, 2.05) is 0 Å². The zero-order valence-corrected chi connectivity index (χ0v) is 10.4. The van der Waals surface area contributed by atoms with Crippen molar-refractivity contribution in [3.05, 3.63) is 29.3 Å². The number of halogens is 1. The largest absolute Gasteiger partial charge is 0.332 e. The van der Waals surface area contributed by atoms with Crippen molar-refractivity contribution in [1.29, 1.82) is 0 Å². The first-order valence-corrected chi connectivity index (χ1v) is 6.69. The summed E-state index contributed by atoms with van der Waals surface area (Å²) >= 11 is 7.39. The van der Waals surface area contributed by atoms with Gasteiger partial charge in [-0.05, 0) is 24.3 Å². The van der Waals surface area contributed by atoms with Gasteiger partial charge in [0.2, 0.25) is 0 Å². The standard InChI is InChI=1S/C11H9ClN2O2S/c12-7-1-3-8(4-2-7)14-10(15)9-5-17-6-13(9)11(14)16/h1-4,9H,5-6H2/t9-/m0/s1. The van der Waals surface area contributed by atoms with Crippen molar-refractivity contribution in [2.24, 2.45) is 0 Å². The zero-order valence-electron chi connectivity index (χ0n) is 8.80. The van der Waals surface area contributed by atoms with Gasteiger partial charge in [0.25, 0.3) is 5.91 Å². The smallest absolute Gasteiger partial charge is 0.302 e. The monoisotopic (exact) mass is 268 g/mol. The molecule has 2 aliphatic rings. The van der Waals surface area contributed by atoms with Gasteiger partial charge in [0.1, 0.15) is 6.04 Å². The highest BCUT2D eigenvalue weighted by Crippen LogP contribution is 2.32. The molecule has 0 spiro atoms. The number of carbonyl (C=O) groups is 2. The summed E-state index contributed by atoms with van der Waals surface area (Å²) in [6.07, 6.45) is 0. The number of anilines is 1. The first-order chi connectivity index (χ1) is 8.18. The van der Waals surface area contributed by atoms with Gasteiger partial charge in [0.05, 0.1) is 11.6 Å². The molecule has 0 radical (unpaired) electrons. The van der Waals surface area contributed by atoms with Crippen LogP contribution in [0.25, 0.3) is 0 Å². The maximum atomic E-state index is 12.1. The molecule has 0 unspecified atom stereocenters. The van der Waals surface area contributed by atoms with Crippen LogP contribution in [0.4, 0.5) is 10.5 Å². The predicted octanol–water partition coefficient (Wildman–Crippen LogP) is 2.18. The number of benzene rings is 1. The molecule has 6 heteroatoms. The van der Waals surface area contributed by atoms with E-state index in [0.29, 0.717) is 22.3 Å². The van der Waals surface area contributed by atoms with Crippen molar-refractivity contribution >= 4 is 41.0 Å². The lowest BCUT2D eigenvalue weighted by Crippen LogP contribution is -2.32. The third-order valence-electron chi connectivity index (χ3n) is 2.91. The van der Waals surface area contributed by atoms with Crippen LogP contribution in [0.15, 0.2) is 24.3 Å². The minimum Gasteiger partial charge on any atom is -0.302 e. The van der Waals surface area contributed by atoms with Crippen LogP contribution in [0, 0.1) is 0 Å². The van der Waals surface area contributed by atoms with Crippen LogP contribution in [-0.4, -0.2) is 34.5 Å². The Morgan fingerprint density at radius 2 is 1.94 bits per heavy atom. The topological polar surface area (TPSA) is 40.6 Å². The number of fused-ring (bicyclic) bond motifs is 1. The van der Waals surface area contributed by atoms with E-state index in [0.717, 1.165) is 0 Å². The second-order valence-corrected chi connectivity index (χ2v) is 5.35. The lowest BCUT2D eigenvalue weighted by molar-refractivity contribution is -0.118. The lowest BCUT2D eigenvalue weighted by Gasteiger charge is -2.15. The van der Waals surface area contributed by atoms with Gasteiger partial charge >= 0.3 is 6.03 Å². The van der Waals surface area contributed by atoms with Crippen molar-refractivity contribution in [2.45, 2.75) is 6.04 Å². The minimum absolute atomic E-state index is 0.137. The molecule has 1 aromatic carbocycles. The van der Waals surface area contributed by atoms with E-state index in [9.17, 15) is 9.59 Å². The van der Waals surface area contributed by atoms with Crippen molar-refractivity contribution in [1.82, 2.24) is 4.90 Å². The molecule has 0 aromatic heterocycles. The molecule has 2 saturated heterocycles. The molecule has 3 rings (SSSR count). The normalized spacial score (nSPS) is 23.5. The number of imide groups is 1. The number of carbonyl (C=O) groups excluding carboxylic acids is 2. The maximum absolute atomic E-state index is 12.1. The Balaban J connectivity index is 1.96. The van der Waals surface area contributed by atoms with Gasteiger partial charge in [-0.1, -0.05) is 11.6 Å². The SMILES string of the molecule is O=C1[C@@H]2CSCN2C(=O)N1c1ccc(Cl)cc1. The van der Waals surface area contributed by atoms with Gasteiger partial charge < -0.3 is 4.90 Å². The van der Waals surface area contributed by atoms with Crippen LogP contribution in [0.1, 0.15) is 0 Å². The molecule has 2 aliphatic heterocycles. The second kappa shape index (κ2) is 3.92. The minimum atomic E-state index is -0.289. The molecule has 2 heterocycles. The van der Waals surface area contributed by atoms with E-state index in [2.05, 4.69) is 0 Å². The van der Waals surface area contributed by atoms with Crippen LogP contribution in [0.5, 0.6) is 0 Å². The second-order valence-electron chi connectivity index (χ2n) is 3.92. The van der Waals surface area contributed by atoms with Gasteiger partial charge in [-0.3, -0.25) is 4.79 Å². The summed E-state index contributed by atoms with van der Waals surface area (Å²) in [5.74, 6) is 1.15. The molecule has 0 bridgehead atoms. The number of nitrogens with zero attached hydrogens (tertiary/aromatic N) is 2. The summed E-state index contributed by atoms with van der Waals surface area (Å²) in [5.41, 5.74) is 0.587. The quantitative estimate of drug-likeness (QED) is 0.733. The first kappa shape index (κ1) is 10.9. The van der Waals surface area contributed by atoms with E-state index >= 15 is 0 Å². The Kier molecular flexibility index (Phi) is 2.52. The van der Waals surface area contributed by atoms with Crippen LogP contribution in [0.3, 0.4) is 0 Å². The summed E-state index contributed by atoms with van der Waals surface area (Å²) < 4.78 is 0. The van der Waals surface area contributed by atoms with E-state index in [4.69, 9.17) is 11.6 Å². The molecular weight excluding hydrogens is 260 g/mol. The Morgan fingerprint density at radius 1 is 1.24 bits per heavy atom. The average molecular weight is 269 g/mol. The Bertz CT molecular complexity index is 469. The first-order valence-electron chi connectivity index (χ1n) is 5.16. The number of hydrogen-bond donors (Lipinski definition) is 0. The molecule has 2 fully saturated rings. The molecule has 0 N–H and O–H groups in total. The Labute approximate surface area is 108 Å². The molecule has 0 aliphatic carbocycles. The average Bonchev–Trinajstić information content (AvgIpc) is 2.87. The molecule has 3 amide bonds. The highest BCUT2D eigenvalue weighted by Gasteiger charge is 2.48. The van der Waals surface area contributed by atoms with Crippen molar-refractivity contribution in [3.8, 4) is 0 Å². The molecule has 1 atom stereocenters. The van der Waals surface area contributed by atoms with Crippen LogP contribution >= 0.6 is 23.4 Å². The van der Waals surface area contributed by atoms with Crippen LogP contribution < -0.4 is 4.90 Å². The fourth-order valence-electron chi connectivity index (χ4n) is 2.04. The van der Waals surface area contributed by atoms with E-state index in [-0.39, 0.29) is 18.0 Å². The molecule has 88 valence electrons. The van der Waals surface area contributed by atoms with Gasteiger partial charge in [-0.2, -0.15) is 0 Å². The fourth-order valence-corrected chi connectivity index (χ4v) is 3.30. The third-order valence-corrected chi connectivity index (χ3v) is 4.17. The van der Waals surface area contributed by atoms with E-state index in [1.54, 1.807) is 40.9 Å². The van der Waals surface area contributed by atoms with Crippen LogP contribution in [0.2, 0.25) is 5.02 Å². The van der Waals surface area contributed by atoms with Gasteiger partial charge in [-0.15, -0.1) is 11.8 Å². The van der Waals surface area contributed by atoms with Gasteiger partial charge in [0, 0.05) is 10.8 Å². The highest BCUT2D eigenvalue weighted by atomic mass is 35.5. The number of rotatable bonds is 1.